The van der Waals surface area contributed by atoms with E-state index in [4.69, 9.17) is 0 Å². The van der Waals surface area contributed by atoms with Crippen LogP contribution in [-0.2, 0) is 9.84 Å². The van der Waals surface area contributed by atoms with Crippen LogP contribution < -0.4 is 0 Å². The van der Waals surface area contributed by atoms with Gasteiger partial charge in [0.2, 0.25) is 15.0 Å². The molecule has 23 heavy (non-hydrogen) atoms. The Balaban J connectivity index is 2.11. The molecule has 0 aliphatic rings. The van der Waals surface area contributed by atoms with Gasteiger partial charge in [0.25, 0.3) is 0 Å². The number of thiol groups is 1. The highest BCUT2D eigenvalue weighted by molar-refractivity contribution is 7.92. The summed E-state index contributed by atoms with van der Waals surface area (Å²) in [5.41, 5.74) is 2.74. The first-order valence-corrected chi connectivity index (χ1v) is 9.59. The molecule has 3 rings (SSSR count). The summed E-state index contributed by atoms with van der Waals surface area (Å²) >= 11 is 5.50. The third-order valence-electron chi connectivity index (χ3n) is 3.34. The summed E-state index contributed by atoms with van der Waals surface area (Å²) in [5, 5.41) is 4.80. The number of hydrogen-bond acceptors (Lipinski definition) is 6. The lowest BCUT2D eigenvalue weighted by Crippen LogP contribution is -2.05. The summed E-state index contributed by atoms with van der Waals surface area (Å²) in [6.45, 7) is 5.68. The smallest absolute Gasteiger partial charge is 0.217 e. The van der Waals surface area contributed by atoms with Crippen LogP contribution in [0.25, 0.3) is 5.13 Å². The van der Waals surface area contributed by atoms with Gasteiger partial charge in [0.05, 0.1) is 14.8 Å². The molecule has 0 saturated carbocycles. The Kier molecular flexibility index (Phi) is 4.07. The lowest BCUT2D eigenvalue weighted by Gasteiger charge is -2.02. The van der Waals surface area contributed by atoms with Gasteiger partial charge in [0.15, 0.2) is 5.03 Å². The average molecular weight is 366 g/mol. The van der Waals surface area contributed by atoms with Crippen molar-refractivity contribution in [3.8, 4) is 5.13 Å². The van der Waals surface area contributed by atoms with E-state index in [2.05, 4.69) is 22.7 Å². The molecular weight excluding hydrogens is 350 g/mol. The van der Waals surface area contributed by atoms with Crippen molar-refractivity contribution in [1.29, 1.82) is 0 Å². The highest BCUT2D eigenvalue weighted by Gasteiger charge is 2.26. The molecule has 8 heteroatoms. The Labute approximate surface area is 144 Å². The molecule has 0 atom stereocenters. The number of nitrogens with zero attached hydrogens (tertiary/aromatic N) is 3. The van der Waals surface area contributed by atoms with Crippen molar-refractivity contribution < 1.29 is 8.42 Å². The standard InChI is InChI=1S/C15H15N3O2S3/c1-9-4-6-12(7-5-9)23(19,20)13-14(21)22-15(16-13)18-11(3)8-10(2)17-18/h4-8,21H,1-3H3. The van der Waals surface area contributed by atoms with Crippen LogP contribution in [0.4, 0.5) is 0 Å². The molecule has 0 fully saturated rings. The van der Waals surface area contributed by atoms with Gasteiger partial charge in [-0.1, -0.05) is 29.0 Å². The molecule has 0 unspecified atom stereocenters. The topological polar surface area (TPSA) is 64.8 Å². The van der Waals surface area contributed by atoms with Gasteiger partial charge in [-0.25, -0.2) is 18.1 Å². The molecule has 5 nitrogen and oxygen atoms in total. The van der Waals surface area contributed by atoms with Crippen LogP contribution in [0.1, 0.15) is 17.0 Å². The van der Waals surface area contributed by atoms with E-state index in [1.807, 2.05) is 26.8 Å². The molecule has 0 saturated heterocycles. The fourth-order valence-corrected chi connectivity index (χ4v) is 5.24. The molecule has 0 bridgehead atoms. The third-order valence-corrected chi connectivity index (χ3v) is 6.64. The van der Waals surface area contributed by atoms with E-state index in [9.17, 15) is 8.42 Å². The van der Waals surface area contributed by atoms with E-state index in [1.54, 1.807) is 28.9 Å². The second-order valence-electron chi connectivity index (χ2n) is 5.26. The van der Waals surface area contributed by atoms with Crippen molar-refractivity contribution in [1.82, 2.24) is 14.8 Å². The zero-order valence-corrected chi connectivity index (χ0v) is 15.3. The second kappa shape index (κ2) is 5.77. The minimum atomic E-state index is -3.70. The van der Waals surface area contributed by atoms with Gasteiger partial charge >= 0.3 is 0 Å². The predicted octanol–water partition coefficient (Wildman–Crippen LogP) is 3.38. The van der Waals surface area contributed by atoms with Crippen LogP contribution in [0, 0.1) is 20.8 Å². The van der Waals surface area contributed by atoms with Gasteiger partial charge in [-0.15, -0.1) is 12.6 Å². The molecular formula is C15H15N3O2S3. The molecule has 1 aromatic carbocycles. The Morgan fingerprint density at radius 2 is 1.78 bits per heavy atom. The van der Waals surface area contributed by atoms with Crippen molar-refractivity contribution in [2.45, 2.75) is 34.9 Å². The minimum Gasteiger partial charge on any atom is -0.217 e. The maximum Gasteiger partial charge on any atom is 0.225 e. The van der Waals surface area contributed by atoms with Gasteiger partial charge in [-0.2, -0.15) is 5.10 Å². The van der Waals surface area contributed by atoms with Crippen molar-refractivity contribution in [2.75, 3.05) is 0 Å². The number of aromatic nitrogens is 3. The maximum atomic E-state index is 12.8. The van der Waals surface area contributed by atoms with Gasteiger partial charge in [-0.3, -0.25) is 0 Å². The maximum absolute atomic E-state index is 12.8. The van der Waals surface area contributed by atoms with E-state index in [0.717, 1.165) is 17.0 Å². The first-order valence-electron chi connectivity index (χ1n) is 6.84. The summed E-state index contributed by atoms with van der Waals surface area (Å²) < 4.78 is 27.5. The lowest BCUT2D eigenvalue weighted by molar-refractivity contribution is 0.590. The molecule has 0 N–H and O–H groups in total. The Morgan fingerprint density at radius 1 is 1.13 bits per heavy atom. The van der Waals surface area contributed by atoms with Crippen LogP contribution in [0.2, 0.25) is 0 Å². The van der Waals surface area contributed by atoms with Gasteiger partial charge in [0, 0.05) is 5.69 Å². The van der Waals surface area contributed by atoms with E-state index in [-0.39, 0.29) is 9.92 Å². The van der Waals surface area contributed by atoms with Crippen LogP contribution in [0.5, 0.6) is 0 Å². The predicted molar refractivity (Wildman–Crippen MR) is 92.6 cm³/mol. The van der Waals surface area contributed by atoms with Crippen LogP contribution >= 0.6 is 24.0 Å². The largest absolute Gasteiger partial charge is 0.225 e. The average Bonchev–Trinajstić information content (AvgIpc) is 3.02. The number of rotatable bonds is 3. The zero-order chi connectivity index (χ0) is 16.8. The highest BCUT2D eigenvalue weighted by Crippen LogP contribution is 2.32. The van der Waals surface area contributed by atoms with Gasteiger partial charge in [0.1, 0.15) is 0 Å². The fraction of sp³-hybridized carbons (Fsp3) is 0.200. The van der Waals surface area contributed by atoms with Crippen molar-refractivity contribution in [3.63, 3.8) is 0 Å². The lowest BCUT2D eigenvalue weighted by atomic mass is 10.2. The molecule has 2 heterocycles. The fourth-order valence-electron chi connectivity index (χ4n) is 2.20. The number of thiazole rings is 1. The molecule has 0 amide bonds. The highest BCUT2D eigenvalue weighted by atomic mass is 32.2. The van der Waals surface area contributed by atoms with E-state index < -0.39 is 9.84 Å². The Bertz CT molecular complexity index is 970. The molecule has 3 aromatic rings. The van der Waals surface area contributed by atoms with Gasteiger partial charge < -0.3 is 0 Å². The number of sulfone groups is 1. The molecule has 120 valence electrons. The first kappa shape index (κ1) is 16.2. The number of benzene rings is 1. The van der Waals surface area contributed by atoms with E-state index in [0.29, 0.717) is 9.34 Å². The summed E-state index contributed by atoms with van der Waals surface area (Å²) in [7, 11) is -3.70. The van der Waals surface area contributed by atoms with E-state index in [1.165, 1.54) is 11.3 Å². The molecule has 0 aliphatic carbocycles. The quantitative estimate of drug-likeness (QED) is 0.723. The zero-order valence-electron chi connectivity index (χ0n) is 12.8. The van der Waals surface area contributed by atoms with Crippen molar-refractivity contribution in [3.05, 3.63) is 47.3 Å². The van der Waals surface area contributed by atoms with Crippen LogP contribution in [-0.4, -0.2) is 23.2 Å². The first-order chi connectivity index (χ1) is 10.8. The Hall–Kier alpha value is -1.64. The summed E-state index contributed by atoms with van der Waals surface area (Å²) in [4.78, 5) is 4.49. The van der Waals surface area contributed by atoms with Gasteiger partial charge in [-0.05, 0) is 39.0 Å². The summed E-state index contributed by atoms with van der Waals surface area (Å²) in [6.07, 6.45) is 0. The monoisotopic (exact) mass is 365 g/mol. The van der Waals surface area contributed by atoms with Crippen molar-refractivity contribution >= 4 is 33.8 Å². The molecule has 0 radical (unpaired) electrons. The summed E-state index contributed by atoms with van der Waals surface area (Å²) in [6, 6.07) is 8.60. The Morgan fingerprint density at radius 3 is 2.35 bits per heavy atom. The second-order valence-corrected chi connectivity index (χ2v) is 8.85. The SMILES string of the molecule is Cc1ccc(S(=O)(=O)c2nc(-n3nc(C)cc3C)sc2S)cc1. The number of hydrogen-bond donors (Lipinski definition) is 1. The minimum absolute atomic E-state index is 0.0303. The third kappa shape index (κ3) is 2.93. The number of aryl methyl sites for hydroxylation is 3. The van der Waals surface area contributed by atoms with E-state index >= 15 is 0 Å². The van der Waals surface area contributed by atoms with Crippen molar-refractivity contribution in [2.24, 2.45) is 0 Å². The molecule has 0 spiro atoms. The van der Waals surface area contributed by atoms with Crippen LogP contribution in [0.15, 0.2) is 44.5 Å². The van der Waals surface area contributed by atoms with Crippen LogP contribution in [0.3, 0.4) is 0 Å². The molecule has 2 aromatic heterocycles. The summed E-state index contributed by atoms with van der Waals surface area (Å²) in [5.74, 6) is 0. The normalized spacial score (nSPS) is 11.8. The molecule has 0 aliphatic heterocycles.